The maximum absolute atomic E-state index is 12.7. The number of nitrogens with zero attached hydrogens (tertiary/aromatic N) is 4. The first-order valence-electron chi connectivity index (χ1n) is 8.88. The van der Waals surface area contributed by atoms with Crippen LogP contribution < -0.4 is 11.3 Å². The third kappa shape index (κ3) is 4.08. The highest BCUT2D eigenvalue weighted by molar-refractivity contribution is 7.98. The Morgan fingerprint density at radius 1 is 1.28 bits per heavy atom. The molecule has 4 aromatic rings. The van der Waals surface area contributed by atoms with Crippen LogP contribution in [-0.2, 0) is 24.0 Å². The van der Waals surface area contributed by atoms with E-state index in [2.05, 4.69) is 20.2 Å². The van der Waals surface area contributed by atoms with E-state index in [4.69, 9.17) is 5.73 Å². The normalized spacial score (nSPS) is 11.2. The summed E-state index contributed by atoms with van der Waals surface area (Å²) in [6.07, 6.45) is 0.669. The summed E-state index contributed by atoms with van der Waals surface area (Å²) in [5, 5.41) is 11.5. The van der Waals surface area contributed by atoms with Crippen LogP contribution in [0.15, 0.2) is 45.7 Å². The molecule has 0 saturated heterocycles. The Kier molecular flexibility index (Phi) is 5.45. The molecule has 4 rings (SSSR count). The number of nitrogens with one attached hydrogen (secondary N) is 1. The van der Waals surface area contributed by atoms with Gasteiger partial charge in [0.15, 0.2) is 5.16 Å². The predicted octanol–water partition coefficient (Wildman–Crippen LogP) is 2.49. The molecular weight excluding hydrogens is 408 g/mol. The van der Waals surface area contributed by atoms with Crippen LogP contribution in [0.4, 0.5) is 0 Å². The van der Waals surface area contributed by atoms with Gasteiger partial charge < -0.3 is 15.3 Å². The van der Waals surface area contributed by atoms with Crippen LogP contribution in [0.2, 0.25) is 0 Å². The number of carbonyl (C=O) groups excluding carboxylic acids is 1. The van der Waals surface area contributed by atoms with Crippen molar-refractivity contribution in [1.82, 2.24) is 24.7 Å². The molecule has 0 aliphatic rings. The summed E-state index contributed by atoms with van der Waals surface area (Å²) in [6, 6.07) is 9.80. The molecule has 10 heteroatoms. The number of aromatic amines is 1. The lowest BCUT2D eigenvalue weighted by Gasteiger charge is -2.04. The van der Waals surface area contributed by atoms with Crippen molar-refractivity contribution >= 4 is 39.2 Å². The fraction of sp³-hybridized carbons (Fsp3) is 0.211. The van der Waals surface area contributed by atoms with Crippen LogP contribution in [0.5, 0.6) is 0 Å². The second-order valence-electron chi connectivity index (χ2n) is 6.42. The smallest absolute Gasteiger partial charge is 0.260 e. The van der Waals surface area contributed by atoms with Crippen LogP contribution in [0.25, 0.3) is 21.3 Å². The summed E-state index contributed by atoms with van der Waals surface area (Å²) in [5.74, 6) is 1.35. The van der Waals surface area contributed by atoms with Crippen LogP contribution in [0.1, 0.15) is 18.1 Å². The van der Waals surface area contributed by atoms with E-state index in [0.29, 0.717) is 39.2 Å². The number of benzene rings is 1. The van der Waals surface area contributed by atoms with Gasteiger partial charge in [0.1, 0.15) is 16.5 Å². The molecule has 0 bridgehead atoms. The molecule has 0 fully saturated rings. The van der Waals surface area contributed by atoms with E-state index in [1.165, 1.54) is 23.1 Å². The van der Waals surface area contributed by atoms with Crippen LogP contribution >= 0.6 is 23.1 Å². The van der Waals surface area contributed by atoms with Crippen molar-refractivity contribution < 1.29 is 4.79 Å². The Hall–Kier alpha value is -2.98. The van der Waals surface area contributed by atoms with Crippen LogP contribution in [0.3, 0.4) is 0 Å². The monoisotopic (exact) mass is 426 g/mol. The second-order valence-corrected chi connectivity index (χ2v) is 8.22. The Balaban J connectivity index is 1.54. The minimum atomic E-state index is -0.372. The van der Waals surface area contributed by atoms with Crippen molar-refractivity contribution in [3.8, 4) is 11.1 Å². The van der Waals surface area contributed by atoms with Gasteiger partial charge in [0.25, 0.3) is 5.56 Å². The molecule has 0 aliphatic heterocycles. The van der Waals surface area contributed by atoms with Crippen molar-refractivity contribution in [2.75, 3.05) is 0 Å². The third-order valence-electron chi connectivity index (χ3n) is 4.44. The third-order valence-corrected chi connectivity index (χ3v) is 6.34. The second kappa shape index (κ2) is 8.18. The number of hydrogen-bond acceptors (Lipinski definition) is 7. The molecule has 1 aromatic carbocycles. The number of carbonyl (C=O) groups is 1. The molecule has 0 radical (unpaired) electrons. The van der Waals surface area contributed by atoms with E-state index >= 15 is 0 Å². The number of rotatable bonds is 7. The van der Waals surface area contributed by atoms with Crippen molar-refractivity contribution in [1.29, 1.82) is 0 Å². The molecule has 29 heavy (non-hydrogen) atoms. The number of primary amides is 1. The lowest BCUT2D eigenvalue weighted by atomic mass is 10.1. The molecule has 3 aromatic heterocycles. The van der Waals surface area contributed by atoms with Gasteiger partial charge in [0, 0.05) is 30.8 Å². The van der Waals surface area contributed by atoms with E-state index in [-0.39, 0.29) is 17.9 Å². The van der Waals surface area contributed by atoms with Crippen molar-refractivity contribution in [2.45, 2.75) is 23.8 Å². The standard InChI is InChI=1S/C19H18N6O2S2/c1-25-15(8-7-13(20)26)23-24-19(25)29-10-14-21-17(27)16-12(9-28-18(16)22-14)11-5-3-2-4-6-11/h2-6,9H,7-8,10H2,1H3,(H2,20,26)(H,21,22,27). The molecule has 0 spiro atoms. The van der Waals surface area contributed by atoms with Crippen LogP contribution in [-0.4, -0.2) is 30.6 Å². The highest BCUT2D eigenvalue weighted by Gasteiger charge is 2.15. The van der Waals surface area contributed by atoms with Crippen LogP contribution in [0, 0.1) is 0 Å². The molecule has 148 valence electrons. The SMILES string of the molecule is Cn1c(CCC(N)=O)nnc1SCc1nc2scc(-c3ccccc3)c2c(=O)[nH]1. The lowest BCUT2D eigenvalue weighted by molar-refractivity contribution is -0.118. The summed E-state index contributed by atoms with van der Waals surface area (Å²) >= 11 is 2.88. The molecule has 0 aliphatic carbocycles. The van der Waals surface area contributed by atoms with E-state index in [9.17, 15) is 9.59 Å². The number of nitrogens with two attached hydrogens (primary N) is 1. The molecule has 3 N–H and O–H groups in total. The summed E-state index contributed by atoms with van der Waals surface area (Å²) < 4.78 is 1.82. The predicted molar refractivity (Wildman–Crippen MR) is 114 cm³/mol. The first kappa shape index (κ1) is 19.3. The Labute approximate surface area is 174 Å². The quantitative estimate of drug-likeness (QED) is 0.438. The number of aryl methyl sites for hydroxylation is 1. The van der Waals surface area contributed by atoms with Gasteiger partial charge in [-0.2, -0.15) is 0 Å². The van der Waals surface area contributed by atoms with Crippen molar-refractivity contribution in [2.24, 2.45) is 12.8 Å². The van der Waals surface area contributed by atoms with Gasteiger partial charge in [-0.25, -0.2) is 4.98 Å². The number of hydrogen-bond donors (Lipinski definition) is 2. The number of H-pyrrole nitrogens is 1. The number of thioether (sulfide) groups is 1. The van der Waals surface area contributed by atoms with E-state index in [0.717, 1.165) is 11.1 Å². The zero-order chi connectivity index (χ0) is 20.4. The number of thiophene rings is 1. The molecule has 1 amide bonds. The first-order chi connectivity index (χ1) is 14.0. The average Bonchev–Trinajstić information content (AvgIpc) is 3.29. The minimum absolute atomic E-state index is 0.147. The average molecular weight is 427 g/mol. The van der Waals surface area contributed by atoms with E-state index in [1.807, 2.05) is 47.3 Å². The summed E-state index contributed by atoms with van der Waals surface area (Å²) in [5.41, 5.74) is 6.93. The summed E-state index contributed by atoms with van der Waals surface area (Å²) in [7, 11) is 1.84. The molecule has 3 heterocycles. The Bertz CT molecular complexity index is 1230. The minimum Gasteiger partial charge on any atom is -0.370 e. The van der Waals surface area contributed by atoms with Gasteiger partial charge in [-0.1, -0.05) is 42.1 Å². The topological polar surface area (TPSA) is 120 Å². The zero-order valence-electron chi connectivity index (χ0n) is 15.6. The van der Waals surface area contributed by atoms with Gasteiger partial charge in [0.05, 0.1) is 11.1 Å². The van der Waals surface area contributed by atoms with Gasteiger partial charge in [0.2, 0.25) is 5.91 Å². The number of fused-ring (bicyclic) bond motifs is 1. The highest BCUT2D eigenvalue weighted by atomic mass is 32.2. The summed E-state index contributed by atoms with van der Waals surface area (Å²) in [6.45, 7) is 0. The fourth-order valence-corrected chi connectivity index (χ4v) is 4.72. The van der Waals surface area contributed by atoms with Gasteiger partial charge in [-0.05, 0) is 5.56 Å². The largest absolute Gasteiger partial charge is 0.370 e. The molecule has 0 saturated carbocycles. The zero-order valence-corrected chi connectivity index (χ0v) is 17.2. The molecule has 0 atom stereocenters. The fourth-order valence-electron chi connectivity index (χ4n) is 2.95. The van der Waals surface area contributed by atoms with E-state index < -0.39 is 0 Å². The molecule has 8 nitrogen and oxygen atoms in total. The highest BCUT2D eigenvalue weighted by Crippen LogP contribution is 2.31. The Morgan fingerprint density at radius 3 is 2.83 bits per heavy atom. The Morgan fingerprint density at radius 2 is 2.07 bits per heavy atom. The number of amides is 1. The van der Waals surface area contributed by atoms with Gasteiger partial charge in [-0.3, -0.25) is 9.59 Å². The summed E-state index contributed by atoms with van der Waals surface area (Å²) in [4.78, 5) is 31.9. The van der Waals surface area contributed by atoms with Crippen molar-refractivity contribution in [3.05, 3.63) is 57.7 Å². The number of aromatic nitrogens is 5. The molecule has 0 unspecified atom stereocenters. The maximum Gasteiger partial charge on any atom is 0.260 e. The lowest BCUT2D eigenvalue weighted by Crippen LogP contribution is -2.13. The maximum atomic E-state index is 12.7. The molecular formula is C19H18N6O2S2. The van der Waals surface area contributed by atoms with E-state index in [1.54, 1.807) is 0 Å². The first-order valence-corrected chi connectivity index (χ1v) is 10.7. The van der Waals surface area contributed by atoms with Crippen molar-refractivity contribution in [3.63, 3.8) is 0 Å². The van der Waals surface area contributed by atoms with Gasteiger partial charge in [-0.15, -0.1) is 21.5 Å². The van der Waals surface area contributed by atoms with Gasteiger partial charge >= 0.3 is 0 Å².